The van der Waals surface area contributed by atoms with Gasteiger partial charge in [-0.1, -0.05) is 59.1 Å². The summed E-state index contributed by atoms with van der Waals surface area (Å²) >= 11 is 12.6. The fraction of sp³-hybridized carbons (Fsp3) is 0.250. The number of carbonyl (C=O) groups is 4. The van der Waals surface area contributed by atoms with Crippen LogP contribution in [0.4, 0.5) is 24.5 Å². The monoisotopic (exact) mass is 835 g/mol. The van der Waals surface area contributed by atoms with Gasteiger partial charge in [-0.25, -0.2) is 0 Å². The zero-order valence-corrected chi connectivity index (χ0v) is 31.6. The maximum absolute atomic E-state index is 15.4. The summed E-state index contributed by atoms with van der Waals surface area (Å²) in [7, 11) is -0.474. The van der Waals surface area contributed by atoms with E-state index >= 15 is 4.79 Å². The number of phenols is 1. The van der Waals surface area contributed by atoms with Crippen LogP contribution in [0.15, 0.2) is 96.6 Å². The van der Waals surface area contributed by atoms with E-state index in [1.54, 1.807) is 30.3 Å². The van der Waals surface area contributed by atoms with Crippen LogP contribution in [0.25, 0.3) is 0 Å². The van der Waals surface area contributed by atoms with Crippen LogP contribution in [0, 0.1) is 23.7 Å². The van der Waals surface area contributed by atoms with Crippen molar-refractivity contribution in [1.82, 2.24) is 5.01 Å². The number of rotatable bonds is 8. The number of hydrogen-bond acceptors (Lipinski definition) is 10. The van der Waals surface area contributed by atoms with Crippen molar-refractivity contribution >= 4 is 70.8 Å². The Bertz CT molecular complexity index is 2420. The fourth-order valence-corrected chi connectivity index (χ4v) is 9.68. The normalized spacial score (nSPS) is 25.2. The van der Waals surface area contributed by atoms with Gasteiger partial charge in [-0.2, -0.15) is 5.01 Å². The Morgan fingerprint density at radius 3 is 2.28 bits per heavy atom. The molecule has 0 spiro atoms. The molecule has 6 atom stereocenters. The fourth-order valence-electron chi connectivity index (χ4n) is 9.23. The van der Waals surface area contributed by atoms with Gasteiger partial charge in [0.2, 0.25) is 11.8 Å². The van der Waals surface area contributed by atoms with Gasteiger partial charge in [0.1, 0.15) is 17.2 Å². The molecule has 2 aliphatic carbocycles. The number of anilines is 2. The van der Waals surface area contributed by atoms with Crippen molar-refractivity contribution < 1.29 is 57.0 Å². The molecule has 0 radical (unpaired) electrons. The van der Waals surface area contributed by atoms with E-state index in [0.29, 0.717) is 11.3 Å². The maximum Gasteiger partial charge on any atom is 0.573 e. The number of alkyl halides is 3. The zero-order valence-electron chi connectivity index (χ0n) is 30.1. The third kappa shape index (κ3) is 6.26. The molecule has 12 nitrogen and oxygen atoms in total. The molecule has 1 saturated carbocycles. The summed E-state index contributed by atoms with van der Waals surface area (Å²) in [5.41, 5.74) is 1.42. The number of fused-ring (bicyclic) bond motifs is 4. The number of ether oxygens (including phenoxy) is 2. The molecule has 298 valence electrons. The summed E-state index contributed by atoms with van der Waals surface area (Å²) in [6.45, 7) is 0. The summed E-state index contributed by atoms with van der Waals surface area (Å²) in [4.78, 5) is 60.0. The topological polar surface area (TPSA) is 166 Å². The highest BCUT2D eigenvalue weighted by molar-refractivity contribution is 6.58. The number of phenolic OH excluding ortho intramolecular Hbond substituents is 1. The van der Waals surface area contributed by atoms with Crippen molar-refractivity contribution in [2.45, 2.75) is 30.5 Å². The largest absolute Gasteiger partial charge is 0.573 e. The van der Waals surface area contributed by atoms with Crippen LogP contribution in [0.1, 0.15) is 29.9 Å². The van der Waals surface area contributed by atoms with Crippen molar-refractivity contribution in [1.29, 1.82) is 0 Å². The first-order valence-electron chi connectivity index (χ1n) is 17.9. The minimum Gasteiger partial charge on any atom is -0.508 e. The Hall–Kier alpha value is -5.55. The molecule has 3 fully saturated rings. The number of nitrogens with one attached hydrogen (secondary N) is 1. The molecule has 0 aromatic heterocycles. The first-order chi connectivity index (χ1) is 27.5. The number of imide groups is 2. The average Bonchev–Trinajstić information content (AvgIpc) is 3.56. The summed E-state index contributed by atoms with van der Waals surface area (Å²) in [6.07, 6.45) is -3.72. The van der Waals surface area contributed by atoms with Crippen LogP contribution in [0.2, 0.25) is 10.0 Å². The van der Waals surface area contributed by atoms with E-state index in [9.17, 15) is 42.7 Å². The second-order valence-corrected chi connectivity index (χ2v) is 15.3. The molecule has 2 saturated heterocycles. The maximum atomic E-state index is 15.4. The lowest BCUT2D eigenvalue weighted by Crippen LogP contribution is -2.53. The Morgan fingerprint density at radius 1 is 0.879 bits per heavy atom. The van der Waals surface area contributed by atoms with Gasteiger partial charge in [-0.05, 0) is 90.4 Å². The first kappa shape index (κ1) is 39.3. The molecule has 0 unspecified atom stereocenters. The van der Waals surface area contributed by atoms with E-state index < -0.39 is 83.6 Å². The number of amides is 4. The minimum absolute atomic E-state index is 0.0219. The lowest BCUT2D eigenvalue weighted by Gasteiger charge is -2.50. The number of nitrogens with zero attached hydrogens (tertiary/aromatic N) is 2. The number of hydrazine groups is 1. The van der Waals surface area contributed by atoms with Gasteiger partial charge in [0.15, 0.2) is 0 Å². The van der Waals surface area contributed by atoms with Gasteiger partial charge in [0, 0.05) is 16.5 Å². The van der Waals surface area contributed by atoms with Gasteiger partial charge in [-0.15, -0.1) is 13.2 Å². The van der Waals surface area contributed by atoms with E-state index in [0.717, 1.165) is 28.1 Å². The Kier molecular flexibility index (Phi) is 9.74. The molecule has 4 aromatic carbocycles. The third-order valence-corrected chi connectivity index (χ3v) is 12.1. The lowest BCUT2D eigenvalue weighted by atomic mass is 9.49. The van der Waals surface area contributed by atoms with E-state index in [4.69, 9.17) is 27.9 Å². The number of allylic oxidation sites excluding steroid dienone is 2. The highest BCUT2D eigenvalue weighted by Gasteiger charge is 2.71. The minimum atomic E-state index is -5.14. The van der Waals surface area contributed by atoms with Gasteiger partial charge < -0.3 is 24.6 Å². The second kappa shape index (κ2) is 14.4. The van der Waals surface area contributed by atoms with Crippen LogP contribution in [-0.2, 0) is 24.6 Å². The predicted molar refractivity (Wildman–Crippen MR) is 204 cm³/mol. The van der Waals surface area contributed by atoms with Gasteiger partial charge in [0.05, 0.1) is 46.7 Å². The van der Waals surface area contributed by atoms with Gasteiger partial charge >= 0.3 is 13.5 Å². The quantitative estimate of drug-likeness (QED) is 0.102. The summed E-state index contributed by atoms with van der Waals surface area (Å²) in [6, 6.07) is 19.0. The number of halogens is 5. The summed E-state index contributed by atoms with van der Waals surface area (Å²) < 4.78 is 50.7. The van der Waals surface area contributed by atoms with E-state index in [2.05, 4.69) is 10.2 Å². The first-order valence-corrected chi connectivity index (χ1v) is 18.7. The smallest absolute Gasteiger partial charge is 0.508 e. The van der Waals surface area contributed by atoms with Crippen LogP contribution in [0.5, 0.6) is 17.2 Å². The molecule has 8 rings (SSSR count). The van der Waals surface area contributed by atoms with Crippen molar-refractivity contribution in [3.05, 3.63) is 118 Å². The number of aromatic hydroxyl groups is 1. The highest BCUT2D eigenvalue weighted by Crippen LogP contribution is 2.65. The number of hydrogen-bond donors (Lipinski definition) is 4. The molecule has 2 aliphatic heterocycles. The van der Waals surface area contributed by atoms with Gasteiger partial charge in [-0.3, -0.25) is 29.5 Å². The molecule has 18 heteroatoms. The molecule has 2 heterocycles. The number of methoxy groups -OCH3 is 1. The zero-order chi connectivity index (χ0) is 41.4. The highest BCUT2D eigenvalue weighted by atomic mass is 35.5. The molecule has 58 heavy (non-hydrogen) atoms. The Morgan fingerprint density at radius 2 is 1.60 bits per heavy atom. The average molecular weight is 836 g/mol. The lowest BCUT2D eigenvalue weighted by molar-refractivity contribution is -0.274. The molecule has 4 aliphatic rings. The molecule has 4 N–H and O–H groups in total. The summed E-state index contributed by atoms with van der Waals surface area (Å²) in [5.74, 6) is -9.56. The predicted octanol–water partition coefficient (Wildman–Crippen LogP) is 5.48. The van der Waals surface area contributed by atoms with Crippen LogP contribution < -0.4 is 25.3 Å². The van der Waals surface area contributed by atoms with E-state index in [1.807, 2.05) is 0 Å². The van der Waals surface area contributed by atoms with Crippen LogP contribution in [-0.4, -0.2) is 64.4 Å². The molecular formula is C40H31BCl2F3N3O9. The van der Waals surface area contributed by atoms with Gasteiger partial charge in [0.25, 0.3) is 11.8 Å². The van der Waals surface area contributed by atoms with E-state index in [1.165, 1.54) is 49.6 Å². The molecule has 0 bridgehead atoms. The third-order valence-electron chi connectivity index (χ3n) is 11.6. The van der Waals surface area contributed by atoms with Crippen molar-refractivity contribution in [2.24, 2.45) is 23.7 Å². The summed E-state index contributed by atoms with van der Waals surface area (Å²) in [5, 5.41) is 32.3. The molecular weight excluding hydrogens is 805 g/mol. The molecule has 4 amide bonds. The molecule has 4 aromatic rings. The van der Waals surface area contributed by atoms with E-state index in [-0.39, 0.29) is 50.9 Å². The van der Waals surface area contributed by atoms with Crippen molar-refractivity contribution in [3.63, 3.8) is 0 Å². The van der Waals surface area contributed by atoms with Crippen LogP contribution >= 0.6 is 23.2 Å². The van der Waals surface area contributed by atoms with Crippen LogP contribution in [0.3, 0.4) is 0 Å². The number of carbonyl (C=O) groups excluding carboxylic acids is 4. The second-order valence-electron chi connectivity index (χ2n) is 14.5. The number of benzene rings is 4. The SMILES string of the molecule is COc1ccc([C@@]23C(=O)N(Nc4ccc(Cl)cc4Cl)C(=O)[C@@H]2C[C@@H]2C(=CC[C@@H]4C(=O)N(c5cccc(B(O)O)c5)C(=O)[C@@H]42)[C@@H]3c2cc(OC(F)(F)F)ccc2O)cc1. The Labute approximate surface area is 338 Å². The standard InChI is InChI=1S/C40H31BCl2F3N3O9/c1-57-23-8-5-19(6-9-23)39-29(36(52)49(38(39)54)47-31-13-7-21(42)16-30(31)43)18-27-25(34(39)28-17-24(10-14-32(28)50)58-40(44,45)46)11-12-26-33(27)37(53)48(35(26)51)22-4-2-3-20(15-22)41(55)56/h2-11,13-17,26-27,29,33-34,47,50,55-56H,12,18H2,1H3/t26-,27+,29-,33-,34+,39+/m0/s1. The van der Waals surface area contributed by atoms with Crippen molar-refractivity contribution in [3.8, 4) is 17.2 Å². The Balaban J connectivity index is 1.35. The van der Waals surface area contributed by atoms with Crippen molar-refractivity contribution in [2.75, 3.05) is 17.4 Å².